The smallest absolute Gasteiger partial charge is 0.344 e. The van der Waals surface area contributed by atoms with Crippen LogP contribution >= 0.6 is 34.5 Å². The van der Waals surface area contributed by atoms with Gasteiger partial charge in [0.15, 0.2) is 16.7 Å². The number of nitrogens with zero attached hydrogens (tertiary/aromatic N) is 3. The van der Waals surface area contributed by atoms with Crippen LogP contribution in [0.5, 0.6) is 0 Å². The molecule has 40 heavy (non-hydrogen) atoms. The van der Waals surface area contributed by atoms with E-state index in [0.717, 1.165) is 31.9 Å². The molecular weight excluding hydrogens is 580 g/mol. The summed E-state index contributed by atoms with van der Waals surface area (Å²) < 4.78 is 31.9. The van der Waals surface area contributed by atoms with Gasteiger partial charge in [0.2, 0.25) is 0 Å². The van der Waals surface area contributed by atoms with Crippen molar-refractivity contribution in [2.45, 2.75) is 43.7 Å². The number of hydrogen-bond donors (Lipinski definition) is 0. The SMILES string of the molecule is COC(=O)c1cc(F)c2nc(N3C[C@H]4CC3[C@@H](OC(=O)c3c(-c5c(Cl)cccc5Cl)noc3C3CC3)C4)sc2c1. The van der Waals surface area contributed by atoms with E-state index in [4.69, 9.17) is 37.2 Å². The zero-order valence-corrected chi connectivity index (χ0v) is 23.5. The highest BCUT2D eigenvalue weighted by atomic mass is 35.5. The van der Waals surface area contributed by atoms with Crippen molar-refractivity contribution in [3.8, 4) is 11.3 Å². The molecule has 3 fully saturated rings. The lowest BCUT2D eigenvalue weighted by Crippen LogP contribution is -2.43. The van der Waals surface area contributed by atoms with E-state index in [9.17, 15) is 14.0 Å². The molecule has 0 spiro atoms. The Kier molecular flexibility index (Phi) is 6.25. The van der Waals surface area contributed by atoms with Crippen LogP contribution in [-0.2, 0) is 9.47 Å². The molecule has 2 aliphatic carbocycles. The van der Waals surface area contributed by atoms with Gasteiger partial charge < -0.3 is 18.9 Å². The Morgan fingerprint density at radius 2 is 1.93 bits per heavy atom. The summed E-state index contributed by atoms with van der Waals surface area (Å²) >= 11 is 14.2. The zero-order chi connectivity index (χ0) is 27.7. The summed E-state index contributed by atoms with van der Waals surface area (Å²) in [4.78, 5) is 32.3. The molecule has 4 aromatic rings. The highest BCUT2D eigenvalue weighted by Gasteiger charge is 2.49. The summed E-state index contributed by atoms with van der Waals surface area (Å²) in [6, 6.07) is 7.70. The van der Waals surface area contributed by atoms with E-state index in [1.807, 2.05) is 0 Å². The van der Waals surface area contributed by atoms with Crippen LogP contribution in [0, 0.1) is 11.7 Å². The van der Waals surface area contributed by atoms with Crippen molar-refractivity contribution in [2.24, 2.45) is 5.92 Å². The molecule has 2 aromatic heterocycles. The van der Waals surface area contributed by atoms with Gasteiger partial charge in [0, 0.05) is 18.0 Å². The van der Waals surface area contributed by atoms with Crippen LogP contribution in [0.2, 0.25) is 10.0 Å². The van der Waals surface area contributed by atoms with Crippen LogP contribution < -0.4 is 4.90 Å². The molecule has 2 aromatic carbocycles. The number of carbonyl (C=O) groups excluding carboxylic acids is 2. The number of carbonyl (C=O) groups is 2. The molecule has 2 bridgehead atoms. The number of esters is 2. The van der Waals surface area contributed by atoms with Crippen molar-refractivity contribution < 1.29 is 28.0 Å². The average molecular weight is 602 g/mol. The van der Waals surface area contributed by atoms with Gasteiger partial charge >= 0.3 is 11.9 Å². The summed E-state index contributed by atoms with van der Waals surface area (Å²) in [7, 11) is 1.25. The molecule has 0 amide bonds. The number of aromatic nitrogens is 2. The Morgan fingerprint density at radius 1 is 1.15 bits per heavy atom. The number of piperidine rings is 1. The number of ether oxygens (including phenoxy) is 2. The molecule has 1 unspecified atom stereocenters. The van der Waals surface area contributed by atoms with Gasteiger partial charge in [0.1, 0.15) is 22.9 Å². The van der Waals surface area contributed by atoms with Crippen LogP contribution in [0.4, 0.5) is 9.52 Å². The minimum Gasteiger partial charge on any atom is -0.465 e. The number of anilines is 1. The number of thiazole rings is 1. The fourth-order valence-electron chi connectivity index (χ4n) is 5.86. The van der Waals surface area contributed by atoms with E-state index in [0.29, 0.717) is 43.5 Å². The van der Waals surface area contributed by atoms with E-state index < -0.39 is 23.9 Å². The number of halogens is 3. The number of methoxy groups -OCH3 is 1. The lowest BCUT2D eigenvalue weighted by atomic mass is 10.0. The van der Waals surface area contributed by atoms with Gasteiger partial charge in [0.05, 0.1) is 33.5 Å². The molecule has 0 radical (unpaired) electrons. The maximum atomic E-state index is 14.8. The fourth-order valence-corrected chi connectivity index (χ4v) is 7.53. The molecular formula is C28H22Cl2FN3O5S. The Morgan fingerprint density at radius 3 is 2.62 bits per heavy atom. The first-order valence-electron chi connectivity index (χ1n) is 12.9. The van der Waals surface area contributed by atoms with Crippen molar-refractivity contribution in [1.82, 2.24) is 10.1 Å². The first-order valence-corrected chi connectivity index (χ1v) is 14.5. The largest absolute Gasteiger partial charge is 0.465 e. The number of rotatable bonds is 6. The van der Waals surface area contributed by atoms with Gasteiger partial charge in [-0.1, -0.05) is 45.8 Å². The molecule has 8 nitrogen and oxygen atoms in total. The minimum atomic E-state index is -0.611. The molecule has 1 saturated heterocycles. The maximum absolute atomic E-state index is 14.8. The normalized spacial score (nSPS) is 21.8. The van der Waals surface area contributed by atoms with Crippen molar-refractivity contribution in [1.29, 1.82) is 0 Å². The van der Waals surface area contributed by atoms with Crippen LogP contribution in [0.1, 0.15) is 58.1 Å². The third-order valence-corrected chi connectivity index (χ3v) is 9.53. The van der Waals surface area contributed by atoms with E-state index >= 15 is 0 Å². The second-order valence-corrected chi connectivity index (χ2v) is 12.3. The predicted octanol–water partition coefficient (Wildman–Crippen LogP) is 6.89. The fraction of sp³-hybridized carbons (Fsp3) is 0.357. The van der Waals surface area contributed by atoms with E-state index in [2.05, 4.69) is 15.0 Å². The van der Waals surface area contributed by atoms with Crippen molar-refractivity contribution in [3.05, 3.63) is 63.1 Å². The molecule has 2 saturated carbocycles. The summed E-state index contributed by atoms with van der Waals surface area (Å²) in [5.41, 5.74) is 1.32. The highest BCUT2D eigenvalue weighted by molar-refractivity contribution is 7.22. The number of hydrogen-bond acceptors (Lipinski definition) is 9. The molecule has 3 aliphatic rings. The van der Waals surface area contributed by atoms with Crippen LogP contribution in [-0.4, -0.2) is 47.9 Å². The summed E-state index contributed by atoms with van der Waals surface area (Å²) in [6.07, 6.45) is 2.94. The van der Waals surface area contributed by atoms with Crippen LogP contribution in [0.25, 0.3) is 21.5 Å². The Labute approximate surface area is 241 Å². The van der Waals surface area contributed by atoms with Gasteiger partial charge in [-0.05, 0) is 55.9 Å². The van der Waals surface area contributed by atoms with Crippen molar-refractivity contribution in [2.75, 3.05) is 18.6 Å². The maximum Gasteiger partial charge on any atom is 0.344 e. The van der Waals surface area contributed by atoms with Crippen LogP contribution in [0.15, 0.2) is 34.9 Å². The summed E-state index contributed by atoms with van der Waals surface area (Å²) in [5.74, 6) is -0.815. The van der Waals surface area contributed by atoms with Gasteiger partial charge in [-0.15, -0.1) is 0 Å². The van der Waals surface area contributed by atoms with Crippen LogP contribution in [0.3, 0.4) is 0 Å². The van der Waals surface area contributed by atoms with Gasteiger partial charge in [-0.3, -0.25) is 0 Å². The minimum absolute atomic E-state index is 0.106. The Hall–Kier alpha value is -3.21. The standard InChI is InChI=1S/C28H22Cl2FN3O5S/c1-37-26(35)14-9-17(31)23-20(10-14)40-28(32-23)34-11-12-7-18(34)19(8-12)38-27(36)22-24(33-39-25(22)13-5-6-13)21-15(29)3-2-4-16(21)30/h2-4,9-10,12-13,18-19H,5-8,11H2,1H3/t12-,18?,19-/m0/s1. The predicted molar refractivity (Wildman–Crippen MR) is 148 cm³/mol. The molecule has 1 aliphatic heterocycles. The Bertz CT molecular complexity index is 1670. The third kappa shape index (κ3) is 4.24. The lowest BCUT2D eigenvalue weighted by molar-refractivity contribution is 0.0246. The first-order chi connectivity index (χ1) is 19.3. The summed E-state index contributed by atoms with van der Waals surface area (Å²) in [6.45, 7) is 0.727. The lowest BCUT2D eigenvalue weighted by Gasteiger charge is -2.32. The van der Waals surface area contributed by atoms with Crippen molar-refractivity contribution in [3.63, 3.8) is 0 Å². The monoisotopic (exact) mass is 601 g/mol. The van der Waals surface area contributed by atoms with E-state index in [1.165, 1.54) is 18.4 Å². The average Bonchev–Trinajstić information content (AvgIpc) is 3.26. The molecule has 7 rings (SSSR count). The van der Waals surface area contributed by atoms with Gasteiger partial charge in [-0.2, -0.15) is 0 Å². The molecule has 3 heterocycles. The third-order valence-electron chi connectivity index (χ3n) is 7.86. The Balaban J connectivity index is 1.18. The van der Waals surface area contributed by atoms with E-state index in [1.54, 1.807) is 24.3 Å². The molecule has 12 heteroatoms. The summed E-state index contributed by atoms with van der Waals surface area (Å²) in [5, 5.41) is 5.55. The second-order valence-electron chi connectivity index (χ2n) is 10.4. The van der Waals surface area contributed by atoms with Gasteiger partial charge in [-0.25, -0.2) is 19.0 Å². The molecule has 0 N–H and O–H groups in total. The topological polar surface area (TPSA) is 94.8 Å². The zero-order valence-electron chi connectivity index (χ0n) is 21.2. The first kappa shape index (κ1) is 25.7. The molecule has 3 atom stereocenters. The highest BCUT2D eigenvalue weighted by Crippen LogP contribution is 2.48. The van der Waals surface area contributed by atoms with Crippen molar-refractivity contribution >= 4 is 61.8 Å². The van der Waals surface area contributed by atoms with E-state index in [-0.39, 0.29) is 34.3 Å². The molecule has 206 valence electrons. The number of fused-ring (bicyclic) bond motifs is 3. The number of benzene rings is 2. The second kappa shape index (κ2) is 9.71. The van der Waals surface area contributed by atoms with Gasteiger partial charge in [0.25, 0.3) is 0 Å². The quantitative estimate of drug-likeness (QED) is 0.221.